The quantitative estimate of drug-likeness (QED) is 0.729. The van der Waals surface area contributed by atoms with Crippen LogP contribution >= 0.6 is 0 Å². The normalized spacial score (nSPS) is 16.4. The lowest BCUT2D eigenvalue weighted by Gasteiger charge is -2.27. The summed E-state index contributed by atoms with van der Waals surface area (Å²) in [6.45, 7) is 6.61. The van der Waals surface area contributed by atoms with Crippen LogP contribution in [0.3, 0.4) is 0 Å². The SMILES string of the molecule is C=C(C)N1CCCC1c1cc(F)c(Cc2cncc(C(=O)OC)c2)cc1F. The van der Waals surface area contributed by atoms with Gasteiger partial charge in [0.15, 0.2) is 0 Å². The Hall–Kier alpha value is -2.76. The van der Waals surface area contributed by atoms with Crippen molar-refractivity contribution in [3.05, 3.63) is 76.8 Å². The Kier molecular flexibility index (Phi) is 5.54. The first-order chi connectivity index (χ1) is 12.9. The second-order valence-electron chi connectivity index (χ2n) is 6.80. The number of likely N-dealkylation sites (tertiary alicyclic amines) is 1. The number of rotatable bonds is 5. The summed E-state index contributed by atoms with van der Waals surface area (Å²) in [6.07, 6.45) is 4.73. The number of hydrogen-bond donors (Lipinski definition) is 0. The molecule has 4 nitrogen and oxygen atoms in total. The Bertz CT molecular complexity index is 882. The first-order valence-corrected chi connectivity index (χ1v) is 8.83. The topological polar surface area (TPSA) is 42.4 Å². The molecule has 0 bridgehead atoms. The molecule has 3 rings (SSSR count). The third-order valence-corrected chi connectivity index (χ3v) is 4.88. The van der Waals surface area contributed by atoms with Crippen LogP contribution in [0.25, 0.3) is 0 Å². The Morgan fingerprint density at radius 2 is 2.07 bits per heavy atom. The molecule has 1 aromatic heterocycles. The summed E-state index contributed by atoms with van der Waals surface area (Å²) >= 11 is 0. The first-order valence-electron chi connectivity index (χ1n) is 8.83. The Balaban J connectivity index is 1.87. The third kappa shape index (κ3) is 3.99. The van der Waals surface area contributed by atoms with E-state index in [9.17, 15) is 13.6 Å². The van der Waals surface area contributed by atoms with Crippen molar-refractivity contribution >= 4 is 5.97 Å². The fourth-order valence-corrected chi connectivity index (χ4v) is 3.57. The largest absolute Gasteiger partial charge is 0.465 e. The summed E-state index contributed by atoms with van der Waals surface area (Å²) in [5, 5.41) is 0. The van der Waals surface area contributed by atoms with Gasteiger partial charge in [0.25, 0.3) is 0 Å². The monoisotopic (exact) mass is 372 g/mol. The molecule has 1 aliphatic heterocycles. The highest BCUT2D eigenvalue weighted by Gasteiger charge is 2.28. The first kappa shape index (κ1) is 19.0. The van der Waals surface area contributed by atoms with Crippen LogP contribution < -0.4 is 0 Å². The second-order valence-corrected chi connectivity index (χ2v) is 6.80. The number of allylic oxidation sites excluding steroid dienone is 1. The number of nitrogens with zero attached hydrogens (tertiary/aromatic N) is 2. The zero-order valence-corrected chi connectivity index (χ0v) is 15.5. The number of carbonyl (C=O) groups is 1. The van der Waals surface area contributed by atoms with Gasteiger partial charge in [0.05, 0.1) is 18.7 Å². The van der Waals surface area contributed by atoms with Gasteiger partial charge in [0.1, 0.15) is 11.6 Å². The highest BCUT2D eigenvalue weighted by Crippen LogP contribution is 2.36. The minimum Gasteiger partial charge on any atom is -0.465 e. The molecule has 1 aliphatic rings. The fourth-order valence-electron chi connectivity index (χ4n) is 3.57. The van der Waals surface area contributed by atoms with E-state index in [1.807, 2.05) is 11.8 Å². The van der Waals surface area contributed by atoms with E-state index in [1.54, 1.807) is 6.07 Å². The lowest BCUT2D eigenvalue weighted by atomic mass is 9.98. The molecule has 6 heteroatoms. The van der Waals surface area contributed by atoms with Crippen molar-refractivity contribution in [3.63, 3.8) is 0 Å². The molecule has 0 N–H and O–H groups in total. The van der Waals surface area contributed by atoms with Crippen molar-refractivity contribution in [3.8, 4) is 0 Å². The van der Waals surface area contributed by atoms with Crippen LogP contribution in [-0.4, -0.2) is 29.5 Å². The van der Waals surface area contributed by atoms with Crippen LogP contribution in [0.1, 0.15) is 52.9 Å². The van der Waals surface area contributed by atoms with Gasteiger partial charge in [-0.25, -0.2) is 13.6 Å². The Morgan fingerprint density at radius 3 is 2.78 bits per heavy atom. The lowest BCUT2D eigenvalue weighted by molar-refractivity contribution is 0.0600. The maximum absolute atomic E-state index is 14.8. The van der Waals surface area contributed by atoms with E-state index < -0.39 is 17.6 Å². The maximum Gasteiger partial charge on any atom is 0.339 e. The molecule has 0 radical (unpaired) electrons. The van der Waals surface area contributed by atoms with E-state index in [4.69, 9.17) is 0 Å². The van der Waals surface area contributed by atoms with Gasteiger partial charge in [-0.1, -0.05) is 6.58 Å². The van der Waals surface area contributed by atoms with Crippen LogP contribution in [0.2, 0.25) is 0 Å². The molecule has 0 aliphatic carbocycles. The van der Waals surface area contributed by atoms with Gasteiger partial charge in [0.2, 0.25) is 0 Å². The maximum atomic E-state index is 14.8. The van der Waals surface area contributed by atoms with Crippen molar-refractivity contribution < 1.29 is 18.3 Å². The molecule has 1 unspecified atom stereocenters. The van der Waals surface area contributed by atoms with E-state index in [2.05, 4.69) is 16.3 Å². The Morgan fingerprint density at radius 1 is 1.30 bits per heavy atom. The van der Waals surface area contributed by atoms with Crippen molar-refractivity contribution in [2.75, 3.05) is 13.7 Å². The van der Waals surface area contributed by atoms with Crippen LogP contribution in [0.5, 0.6) is 0 Å². The highest BCUT2D eigenvalue weighted by atomic mass is 19.1. The van der Waals surface area contributed by atoms with Crippen molar-refractivity contribution in [1.29, 1.82) is 0 Å². The number of carbonyl (C=O) groups excluding carboxylic acids is 1. The van der Waals surface area contributed by atoms with Gasteiger partial charge in [-0.05, 0) is 49.1 Å². The molecule has 27 heavy (non-hydrogen) atoms. The molecule has 2 aromatic rings. The molecule has 2 heterocycles. The third-order valence-electron chi connectivity index (χ3n) is 4.88. The molecule has 0 amide bonds. The summed E-state index contributed by atoms with van der Waals surface area (Å²) in [7, 11) is 1.28. The van der Waals surface area contributed by atoms with E-state index in [-0.39, 0.29) is 23.6 Å². The summed E-state index contributed by atoms with van der Waals surface area (Å²) in [6, 6.07) is 3.91. The molecule has 0 saturated carbocycles. The Labute approximate surface area is 157 Å². The molecule has 1 atom stereocenters. The van der Waals surface area contributed by atoms with Gasteiger partial charge in [-0.3, -0.25) is 4.98 Å². The van der Waals surface area contributed by atoms with Crippen molar-refractivity contribution in [2.45, 2.75) is 32.2 Å². The molecule has 142 valence electrons. The van der Waals surface area contributed by atoms with E-state index in [0.717, 1.165) is 25.1 Å². The van der Waals surface area contributed by atoms with Crippen LogP contribution in [-0.2, 0) is 11.2 Å². The molecular formula is C21H22F2N2O2. The minimum absolute atomic E-state index is 0.135. The van der Waals surface area contributed by atoms with Crippen LogP contribution in [0, 0.1) is 11.6 Å². The molecule has 1 aromatic carbocycles. The van der Waals surface area contributed by atoms with Gasteiger partial charge >= 0.3 is 5.97 Å². The van der Waals surface area contributed by atoms with Gasteiger partial charge in [-0.15, -0.1) is 0 Å². The summed E-state index contributed by atoms with van der Waals surface area (Å²) in [5.74, 6) is -1.42. The molecule has 1 saturated heterocycles. The zero-order chi connectivity index (χ0) is 19.6. The highest BCUT2D eigenvalue weighted by molar-refractivity contribution is 5.89. The number of hydrogen-bond acceptors (Lipinski definition) is 4. The van der Waals surface area contributed by atoms with E-state index >= 15 is 0 Å². The molecular weight excluding hydrogens is 350 g/mol. The lowest BCUT2D eigenvalue weighted by Crippen LogP contribution is -2.21. The fraction of sp³-hybridized carbons (Fsp3) is 0.333. The number of benzene rings is 1. The molecule has 1 fully saturated rings. The second kappa shape index (κ2) is 7.86. The molecule has 0 spiro atoms. The van der Waals surface area contributed by atoms with Gasteiger partial charge in [-0.2, -0.15) is 0 Å². The van der Waals surface area contributed by atoms with Crippen LogP contribution in [0.4, 0.5) is 8.78 Å². The summed E-state index contributed by atoms with van der Waals surface area (Å²) in [4.78, 5) is 17.6. The average molecular weight is 372 g/mol. The number of pyridine rings is 1. The standard InChI is InChI=1S/C21H22F2N2O2/c1-13(2)25-6-4-5-20(25)17-10-18(22)15(9-19(17)23)7-14-8-16(12-24-11-14)21(26)27-3/h8-12,20H,1,4-7H2,2-3H3. The average Bonchev–Trinajstić information content (AvgIpc) is 3.14. The zero-order valence-electron chi connectivity index (χ0n) is 15.5. The number of methoxy groups -OCH3 is 1. The van der Waals surface area contributed by atoms with Crippen molar-refractivity contribution in [1.82, 2.24) is 9.88 Å². The van der Waals surface area contributed by atoms with Crippen LogP contribution in [0.15, 0.2) is 42.9 Å². The van der Waals surface area contributed by atoms with Gasteiger partial charge in [0, 0.05) is 36.6 Å². The predicted molar refractivity (Wildman–Crippen MR) is 98.2 cm³/mol. The number of halogens is 2. The smallest absolute Gasteiger partial charge is 0.339 e. The predicted octanol–water partition coefficient (Wildman–Crippen LogP) is 4.41. The van der Waals surface area contributed by atoms with Crippen molar-refractivity contribution in [2.24, 2.45) is 0 Å². The summed E-state index contributed by atoms with van der Waals surface area (Å²) < 4.78 is 34.1. The summed E-state index contributed by atoms with van der Waals surface area (Å²) in [5.41, 5.74) is 2.31. The minimum atomic E-state index is -0.521. The number of ether oxygens (including phenoxy) is 1. The van der Waals surface area contributed by atoms with E-state index in [0.29, 0.717) is 11.1 Å². The number of aromatic nitrogens is 1. The van der Waals surface area contributed by atoms with Gasteiger partial charge < -0.3 is 9.64 Å². The van der Waals surface area contributed by atoms with E-state index in [1.165, 1.54) is 31.6 Å². The number of esters is 1.